The Morgan fingerprint density at radius 3 is 2.90 bits per heavy atom. The summed E-state index contributed by atoms with van der Waals surface area (Å²) in [7, 11) is 1.52. The molecule has 2 heterocycles. The predicted octanol–water partition coefficient (Wildman–Crippen LogP) is 1.26. The van der Waals surface area contributed by atoms with Gasteiger partial charge in [0, 0.05) is 13.0 Å². The lowest BCUT2D eigenvalue weighted by Crippen LogP contribution is -2.53. The second-order valence-electron chi connectivity index (χ2n) is 5.50. The lowest BCUT2D eigenvalue weighted by atomic mass is 9.97. The highest BCUT2D eigenvalue weighted by atomic mass is 16.5. The molecular weight excluding hydrogens is 262 g/mol. The first kappa shape index (κ1) is 14.9. The summed E-state index contributed by atoms with van der Waals surface area (Å²) < 4.78 is 10.3. The fraction of sp³-hybridized carbons (Fsp3) is 0.769. The van der Waals surface area contributed by atoms with Gasteiger partial charge in [-0.2, -0.15) is 4.98 Å². The third-order valence-corrected chi connectivity index (χ3v) is 3.71. The summed E-state index contributed by atoms with van der Waals surface area (Å²) in [6.45, 7) is 5.17. The van der Waals surface area contributed by atoms with Crippen LogP contribution in [0.2, 0.25) is 0 Å². The molecule has 1 N–H and O–H groups in total. The van der Waals surface area contributed by atoms with E-state index in [0.717, 1.165) is 6.42 Å². The summed E-state index contributed by atoms with van der Waals surface area (Å²) in [4.78, 5) is 17.8. The highest BCUT2D eigenvalue weighted by Crippen LogP contribution is 2.31. The minimum atomic E-state index is -0.979. The number of aromatic nitrogens is 2. The summed E-state index contributed by atoms with van der Waals surface area (Å²) in [5.41, 5.74) is -0.979. The van der Waals surface area contributed by atoms with Gasteiger partial charge in [0.15, 0.2) is 5.82 Å². The van der Waals surface area contributed by atoms with Crippen molar-refractivity contribution in [2.24, 2.45) is 0 Å². The van der Waals surface area contributed by atoms with E-state index in [1.165, 1.54) is 7.11 Å². The van der Waals surface area contributed by atoms with Crippen LogP contribution < -0.4 is 0 Å². The van der Waals surface area contributed by atoms with Crippen LogP contribution in [0.1, 0.15) is 44.3 Å². The molecule has 0 aromatic carbocycles. The molecule has 0 bridgehead atoms. The third-order valence-electron chi connectivity index (χ3n) is 3.71. The van der Waals surface area contributed by atoms with E-state index in [1.807, 2.05) is 18.7 Å². The number of likely N-dealkylation sites (tertiary alicyclic amines) is 1. The molecule has 0 aliphatic carbocycles. The van der Waals surface area contributed by atoms with Crippen molar-refractivity contribution < 1.29 is 19.2 Å². The third kappa shape index (κ3) is 2.69. The molecule has 1 unspecified atom stereocenters. The second kappa shape index (κ2) is 5.88. The van der Waals surface area contributed by atoms with Gasteiger partial charge in [-0.25, -0.2) is 0 Å². The molecule has 1 atom stereocenters. The van der Waals surface area contributed by atoms with Gasteiger partial charge in [-0.1, -0.05) is 19.0 Å². The molecule has 2 rings (SSSR count). The van der Waals surface area contributed by atoms with Gasteiger partial charge >= 0.3 is 5.97 Å². The van der Waals surface area contributed by atoms with Gasteiger partial charge in [-0.05, 0) is 19.4 Å². The van der Waals surface area contributed by atoms with E-state index in [-0.39, 0.29) is 12.5 Å². The van der Waals surface area contributed by atoms with E-state index in [9.17, 15) is 9.90 Å². The lowest BCUT2D eigenvalue weighted by molar-refractivity contribution is -0.153. The number of hydrogen-bond donors (Lipinski definition) is 1. The van der Waals surface area contributed by atoms with Crippen molar-refractivity contribution in [3.8, 4) is 0 Å². The largest absolute Gasteiger partial charge is 0.480 e. The van der Waals surface area contributed by atoms with Gasteiger partial charge in [-0.15, -0.1) is 0 Å². The van der Waals surface area contributed by atoms with Gasteiger partial charge in [0.25, 0.3) is 0 Å². The number of hydrogen-bond acceptors (Lipinski definition) is 6. The fourth-order valence-corrected chi connectivity index (χ4v) is 2.61. The van der Waals surface area contributed by atoms with Crippen LogP contribution in [-0.2, 0) is 16.1 Å². The van der Waals surface area contributed by atoms with Gasteiger partial charge in [0.05, 0.1) is 13.2 Å². The molecule has 1 saturated heterocycles. The molecule has 7 nitrogen and oxygen atoms in total. The van der Waals surface area contributed by atoms with E-state index in [2.05, 4.69) is 10.1 Å². The highest BCUT2D eigenvalue weighted by molar-refractivity contribution is 5.79. The van der Waals surface area contributed by atoms with Crippen molar-refractivity contribution >= 4 is 5.97 Å². The molecule has 0 radical (unpaired) electrons. The van der Waals surface area contributed by atoms with Crippen molar-refractivity contribution in [2.45, 2.75) is 44.7 Å². The van der Waals surface area contributed by atoms with Gasteiger partial charge in [0.2, 0.25) is 5.89 Å². The molecule has 0 saturated carbocycles. The SMILES string of the molecule is COCC1(C(=O)O)CCCN1Cc1noc(C(C)C)n1. The Labute approximate surface area is 117 Å². The molecule has 7 heteroatoms. The molecular formula is C13H21N3O4. The van der Waals surface area contributed by atoms with E-state index in [0.29, 0.717) is 31.2 Å². The number of carboxylic acid groups (broad SMARTS) is 1. The van der Waals surface area contributed by atoms with Crippen LogP contribution in [0.25, 0.3) is 0 Å². The first-order chi connectivity index (χ1) is 9.49. The molecule has 1 fully saturated rings. The number of methoxy groups -OCH3 is 1. The monoisotopic (exact) mass is 283 g/mol. The molecule has 1 aliphatic rings. The topological polar surface area (TPSA) is 88.7 Å². The smallest absolute Gasteiger partial charge is 0.326 e. The van der Waals surface area contributed by atoms with Crippen molar-refractivity contribution in [1.29, 1.82) is 0 Å². The van der Waals surface area contributed by atoms with Gasteiger partial charge in [0.1, 0.15) is 5.54 Å². The molecule has 1 aromatic rings. The van der Waals surface area contributed by atoms with Crippen molar-refractivity contribution in [1.82, 2.24) is 15.0 Å². The number of nitrogens with zero attached hydrogens (tertiary/aromatic N) is 3. The zero-order chi connectivity index (χ0) is 14.8. The van der Waals surface area contributed by atoms with E-state index in [1.54, 1.807) is 0 Å². The Morgan fingerprint density at radius 1 is 1.60 bits per heavy atom. The Morgan fingerprint density at radius 2 is 2.35 bits per heavy atom. The lowest BCUT2D eigenvalue weighted by Gasteiger charge is -2.33. The van der Waals surface area contributed by atoms with Gasteiger partial charge in [-0.3, -0.25) is 9.69 Å². The quantitative estimate of drug-likeness (QED) is 0.840. The van der Waals surface area contributed by atoms with Crippen LogP contribution in [0.15, 0.2) is 4.52 Å². The average molecular weight is 283 g/mol. The van der Waals surface area contributed by atoms with E-state index < -0.39 is 11.5 Å². The first-order valence-electron chi connectivity index (χ1n) is 6.79. The van der Waals surface area contributed by atoms with Crippen molar-refractivity contribution in [3.05, 3.63) is 11.7 Å². The van der Waals surface area contributed by atoms with Crippen LogP contribution in [0.5, 0.6) is 0 Å². The van der Waals surface area contributed by atoms with Crippen molar-refractivity contribution in [2.75, 3.05) is 20.3 Å². The number of carboxylic acids is 1. The van der Waals surface area contributed by atoms with Crippen molar-refractivity contribution in [3.63, 3.8) is 0 Å². The average Bonchev–Trinajstić information content (AvgIpc) is 2.99. The molecule has 112 valence electrons. The van der Waals surface area contributed by atoms with E-state index >= 15 is 0 Å². The first-order valence-corrected chi connectivity index (χ1v) is 6.79. The maximum absolute atomic E-state index is 11.6. The molecule has 1 aliphatic heterocycles. The maximum atomic E-state index is 11.6. The van der Waals surface area contributed by atoms with Crippen LogP contribution in [0.3, 0.4) is 0 Å². The Hall–Kier alpha value is -1.47. The zero-order valence-corrected chi connectivity index (χ0v) is 12.1. The maximum Gasteiger partial charge on any atom is 0.326 e. The highest BCUT2D eigenvalue weighted by Gasteiger charge is 2.48. The fourth-order valence-electron chi connectivity index (χ4n) is 2.61. The summed E-state index contributed by atoms with van der Waals surface area (Å²) in [6, 6.07) is 0. The standard InChI is InChI=1S/C13H21N3O4/c1-9(2)11-14-10(15-20-11)7-16-6-4-5-13(16,8-19-3)12(17)18/h9H,4-8H2,1-3H3,(H,17,18). The van der Waals surface area contributed by atoms with E-state index in [4.69, 9.17) is 9.26 Å². The van der Waals surface area contributed by atoms with Crippen LogP contribution in [0, 0.1) is 0 Å². The summed E-state index contributed by atoms with van der Waals surface area (Å²) in [5.74, 6) is 0.409. The zero-order valence-electron chi connectivity index (χ0n) is 12.1. The minimum Gasteiger partial charge on any atom is -0.480 e. The molecule has 0 spiro atoms. The number of carbonyl (C=O) groups is 1. The summed E-state index contributed by atoms with van der Waals surface area (Å²) in [5, 5.41) is 13.5. The Kier molecular flexibility index (Phi) is 4.39. The van der Waals surface area contributed by atoms with Crippen LogP contribution in [0.4, 0.5) is 0 Å². The summed E-state index contributed by atoms with van der Waals surface area (Å²) >= 11 is 0. The number of ether oxygens (including phenoxy) is 1. The summed E-state index contributed by atoms with van der Waals surface area (Å²) in [6.07, 6.45) is 1.40. The normalized spacial score (nSPS) is 23.6. The Bertz CT molecular complexity index is 474. The van der Waals surface area contributed by atoms with Crippen LogP contribution in [-0.4, -0.2) is 51.9 Å². The minimum absolute atomic E-state index is 0.164. The number of rotatable bonds is 6. The second-order valence-corrected chi connectivity index (χ2v) is 5.50. The van der Waals surface area contributed by atoms with Crippen LogP contribution >= 0.6 is 0 Å². The molecule has 0 amide bonds. The molecule has 1 aromatic heterocycles. The number of aliphatic carboxylic acids is 1. The molecule has 20 heavy (non-hydrogen) atoms. The Balaban J connectivity index is 2.15. The van der Waals surface area contributed by atoms with Gasteiger partial charge < -0.3 is 14.4 Å². The predicted molar refractivity (Wildman–Crippen MR) is 70.3 cm³/mol.